The summed E-state index contributed by atoms with van der Waals surface area (Å²) in [6, 6.07) is 6.70. The molecule has 78 valence electrons. The molecule has 0 radical (unpaired) electrons. The third-order valence-corrected chi connectivity index (χ3v) is 3.49. The van der Waals surface area contributed by atoms with E-state index in [2.05, 4.69) is 52.8 Å². The zero-order chi connectivity index (χ0) is 10.8. The Kier molecular flexibility index (Phi) is 3.65. The highest BCUT2D eigenvalue weighted by Crippen LogP contribution is 2.28. The molecule has 0 aliphatic carbocycles. The molecular formula is C13H20S. The van der Waals surface area contributed by atoms with Gasteiger partial charge in [0.05, 0.1) is 0 Å². The lowest BCUT2D eigenvalue weighted by molar-refractivity contribution is 0.802. The summed E-state index contributed by atoms with van der Waals surface area (Å²) in [5, 5.41) is 0. The summed E-state index contributed by atoms with van der Waals surface area (Å²) in [6.45, 7) is 11.1. The lowest BCUT2D eigenvalue weighted by Gasteiger charge is -2.18. The van der Waals surface area contributed by atoms with Gasteiger partial charge in [-0.2, -0.15) is 11.8 Å². The summed E-state index contributed by atoms with van der Waals surface area (Å²) < 4.78 is 0.357. The number of hydrogen-bond acceptors (Lipinski definition) is 1. The van der Waals surface area contributed by atoms with Gasteiger partial charge in [-0.05, 0) is 25.0 Å². The molecule has 0 N–H and O–H groups in total. The van der Waals surface area contributed by atoms with Crippen molar-refractivity contribution < 1.29 is 0 Å². The third kappa shape index (κ3) is 3.75. The lowest BCUT2D eigenvalue weighted by atomic mass is 10.1. The SMILES string of the molecule is Cc1ccc(C)c(CSC(C)(C)C)c1. The van der Waals surface area contributed by atoms with Crippen LogP contribution in [0.3, 0.4) is 0 Å². The van der Waals surface area contributed by atoms with Gasteiger partial charge < -0.3 is 0 Å². The predicted octanol–water partition coefficient (Wildman–Crippen LogP) is 4.34. The molecule has 0 spiro atoms. The monoisotopic (exact) mass is 208 g/mol. The Morgan fingerprint density at radius 3 is 2.36 bits per heavy atom. The Labute approximate surface area is 92.1 Å². The van der Waals surface area contributed by atoms with Crippen molar-refractivity contribution in [2.45, 2.75) is 45.1 Å². The Balaban J connectivity index is 2.72. The van der Waals surface area contributed by atoms with Crippen LogP contribution in [0.15, 0.2) is 18.2 Å². The second-order valence-corrected chi connectivity index (χ2v) is 6.63. The van der Waals surface area contributed by atoms with E-state index in [1.807, 2.05) is 11.8 Å². The van der Waals surface area contributed by atoms with Gasteiger partial charge in [0.15, 0.2) is 0 Å². The van der Waals surface area contributed by atoms with Crippen LogP contribution in [-0.2, 0) is 5.75 Å². The average molecular weight is 208 g/mol. The van der Waals surface area contributed by atoms with E-state index in [-0.39, 0.29) is 0 Å². The molecule has 0 unspecified atom stereocenters. The molecule has 0 heterocycles. The van der Waals surface area contributed by atoms with E-state index in [1.165, 1.54) is 16.7 Å². The normalized spacial score (nSPS) is 11.8. The van der Waals surface area contributed by atoms with Gasteiger partial charge in [0.25, 0.3) is 0 Å². The number of rotatable bonds is 2. The van der Waals surface area contributed by atoms with Crippen molar-refractivity contribution >= 4 is 11.8 Å². The second-order valence-electron chi connectivity index (χ2n) is 4.83. The fourth-order valence-corrected chi connectivity index (χ4v) is 2.15. The van der Waals surface area contributed by atoms with Crippen molar-refractivity contribution in [2.24, 2.45) is 0 Å². The maximum Gasteiger partial charge on any atom is 0.0192 e. The maximum atomic E-state index is 2.30. The van der Waals surface area contributed by atoms with Crippen LogP contribution in [0.5, 0.6) is 0 Å². The summed E-state index contributed by atoms with van der Waals surface area (Å²) in [5.74, 6) is 1.12. The van der Waals surface area contributed by atoms with Crippen LogP contribution < -0.4 is 0 Å². The van der Waals surface area contributed by atoms with Crippen molar-refractivity contribution in [1.29, 1.82) is 0 Å². The van der Waals surface area contributed by atoms with Crippen LogP contribution in [0.2, 0.25) is 0 Å². The van der Waals surface area contributed by atoms with Crippen molar-refractivity contribution in [1.82, 2.24) is 0 Å². The molecule has 1 aromatic carbocycles. The summed E-state index contributed by atoms with van der Waals surface area (Å²) >= 11 is 2.01. The fraction of sp³-hybridized carbons (Fsp3) is 0.538. The molecule has 0 atom stereocenters. The molecule has 0 fully saturated rings. The first kappa shape index (κ1) is 11.6. The minimum atomic E-state index is 0.357. The fourth-order valence-electron chi connectivity index (χ4n) is 1.25. The molecule has 0 amide bonds. The molecule has 0 saturated carbocycles. The summed E-state index contributed by atoms with van der Waals surface area (Å²) in [6.07, 6.45) is 0. The van der Waals surface area contributed by atoms with Crippen LogP contribution in [0.25, 0.3) is 0 Å². The zero-order valence-electron chi connectivity index (χ0n) is 9.85. The minimum Gasteiger partial charge on any atom is -0.151 e. The van der Waals surface area contributed by atoms with Gasteiger partial charge in [-0.3, -0.25) is 0 Å². The predicted molar refractivity (Wildman–Crippen MR) is 67.0 cm³/mol. The Morgan fingerprint density at radius 2 is 1.79 bits per heavy atom. The smallest absolute Gasteiger partial charge is 0.0192 e. The van der Waals surface area contributed by atoms with E-state index in [0.29, 0.717) is 4.75 Å². The molecule has 0 aliphatic heterocycles. The van der Waals surface area contributed by atoms with E-state index >= 15 is 0 Å². The van der Waals surface area contributed by atoms with Gasteiger partial charge in [-0.1, -0.05) is 44.5 Å². The standard InChI is InChI=1S/C13H20S/c1-10-6-7-11(2)12(8-10)9-14-13(3,4)5/h6-8H,9H2,1-5H3. The van der Waals surface area contributed by atoms with Crippen molar-refractivity contribution in [2.75, 3.05) is 0 Å². The molecule has 1 heteroatoms. The first-order valence-corrected chi connectivity index (χ1v) is 6.07. The minimum absolute atomic E-state index is 0.357. The number of benzene rings is 1. The van der Waals surface area contributed by atoms with Crippen molar-refractivity contribution in [3.8, 4) is 0 Å². The van der Waals surface area contributed by atoms with Crippen LogP contribution in [-0.4, -0.2) is 4.75 Å². The number of thioether (sulfide) groups is 1. The third-order valence-electron chi connectivity index (χ3n) is 2.17. The number of aryl methyl sites for hydroxylation is 2. The molecule has 0 saturated heterocycles. The highest BCUT2D eigenvalue weighted by atomic mass is 32.2. The molecule has 0 aromatic heterocycles. The molecule has 14 heavy (non-hydrogen) atoms. The Bertz CT molecular complexity index is 308. The Morgan fingerprint density at radius 1 is 1.14 bits per heavy atom. The van der Waals surface area contributed by atoms with Crippen LogP contribution in [0.4, 0.5) is 0 Å². The van der Waals surface area contributed by atoms with Crippen LogP contribution in [0, 0.1) is 13.8 Å². The highest BCUT2D eigenvalue weighted by Gasteiger charge is 2.11. The summed E-state index contributed by atoms with van der Waals surface area (Å²) in [7, 11) is 0. The summed E-state index contributed by atoms with van der Waals surface area (Å²) in [4.78, 5) is 0. The van der Waals surface area contributed by atoms with Gasteiger partial charge >= 0.3 is 0 Å². The second kappa shape index (κ2) is 4.39. The van der Waals surface area contributed by atoms with E-state index < -0.39 is 0 Å². The average Bonchev–Trinajstić information content (AvgIpc) is 2.05. The van der Waals surface area contributed by atoms with Crippen LogP contribution >= 0.6 is 11.8 Å². The quantitative estimate of drug-likeness (QED) is 0.697. The summed E-state index contributed by atoms with van der Waals surface area (Å²) in [5.41, 5.74) is 4.25. The Hall–Kier alpha value is -0.430. The molecule has 1 rings (SSSR count). The van der Waals surface area contributed by atoms with Crippen molar-refractivity contribution in [3.05, 3.63) is 34.9 Å². The van der Waals surface area contributed by atoms with E-state index in [9.17, 15) is 0 Å². The van der Waals surface area contributed by atoms with Crippen LogP contribution in [0.1, 0.15) is 37.5 Å². The number of hydrogen-bond donors (Lipinski definition) is 0. The first-order chi connectivity index (χ1) is 6.38. The van der Waals surface area contributed by atoms with Gasteiger partial charge in [-0.25, -0.2) is 0 Å². The molecular weight excluding hydrogens is 188 g/mol. The van der Waals surface area contributed by atoms with E-state index in [0.717, 1.165) is 5.75 Å². The largest absolute Gasteiger partial charge is 0.151 e. The topological polar surface area (TPSA) is 0 Å². The molecule has 0 aliphatic rings. The molecule has 0 nitrogen and oxygen atoms in total. The highest BCUT2D eigenvalue weighted by molar-refractivity contribution is 7.99. The van der Waals surface area contributed by atoms with Gasteiger partial charge in [0, 0.05) is 10.5 Å². The van der Waals surface area contributed by atoms with E-state index in [1.54, 1.807) is 0 Å². The molecule has 0 bridgehead atoms. The lowest BCUT2D eigenvalue weighted by Crippen LogP contribution is -2.07. The van der Waals surface area contributed by atoms with Gasteiger partial charge in [-0.15, -0.1) is 0 Å². The van der Waals surface area contributed by atoms with E-state index in [4.69, 9.17) is 0 Å². The molecule has 1 aromatic rings. The van der Waals surface area contributed by atoms with Gasteiger partial charge in [0.1, 0.15) is 0 Å². The van der Waals surface area contributed by atoms with Crippen molar-refractivity contribution in [3.63, 3.8) is 0 Å². The maximum absolute atomic E-state index is 2.30. The zero-order valence-corrected chi connectivity index (χ0v) is 10.7. The first-order valence-electron chi connectivity index (χ1n) is 5.08. The van der Waals surface area contributed by atoms with Gasteiger partial charge in [0.2, 0.25) is 0 Å².